The van der Waals surface area contributed by atoms with Gasteiger partial charge >= 0.3 is 0 Å². The Labute approximate surface area is 136 Å². The van der Waals surface area contributed by atoms with Crippen molar-refractivity contribution in [1.82, 2.24) is 4.98 Å². The molecule has 1 aliphatic rings. The van der Waals surface area contributed by atoms with Gasteiger partial charge in [-0.2, -0.15) is 0 Å². The number of carbonyl (C=O) groups excluding carboxylic acids is 1. The van der Waals surface area contributed by atoms with E-state index in [1.807, 2.05) is 44.2 Å². The predicted octanol–water partition coefficient (Wildman–Crippen LogP) is 2.79. The molecule has 0 radical (unpaired) electrons. The van der Waals surface area contributed by atoms with E-state index >= 15 is 0 Å². The number of rotatable bonds is 3. The van der Waals surface area contributed by atoms with E-state index in [2.05, 4.69) is 15.2 Å². The molecule has 1 aromatic heterocycles. The Hall–Kier alpha value is -2.40. The van der Waals surface area contributed by atoms with Crippen molar-refractivity contribution in [3.63, 3.8) is 0 Å². The van der Waals surface area contributed by atoms with Crippen LogP contribution in [0.3, 0.4) is 0 Å². The molecule has 1 amide bonds. The van der Waals surface area contributed by atoms with Gasteiger partial charge in [0.2, 0.25) is 0 Å². The van der Waals surface area contributed by atoms with E-state index in [9.17, 15) is 4.79 Å². The highest BCUT2D eigenvalue weighted by Crippen LogP contribution is 2.18. The van der Waals surface area contributed by atoms with Crippen molar-refractivity contribution in [3.05, 3.63) is 53.3 Å². The summed E-state index contributed by atoms with van der Waals surface area (Å²) in [5.74, 6) is -0.191. The molecule has 0 bridgehead atoms. The number of benzene rings is 1. The normalized spacial score (nSPS) is 14.6. The number of amides is 1. The molecule has 0 atom stereocenters. The highest BCUT2D eigenvalue weighted by atomic mass is 16.5. The number of aryl methyl sites for hydroxylation is 2. The van der Waals surface area contributed by atoms with Crippen LogP contribution in [0.1, 0.15) is 21.6 Å². The van der Waals surface area contributed by atoms with Crippen LogP contribution in [0.25, 0.3) is 0 Å². The minimum Gasteiger partial charge on any atom is -0.378 e. The van der Waals surface area contributed by atoms with Crippen LogP contribution in [0.2, 0.25) is 0 Å². The van der Waals surface area contributed by atoms with Gasteiger partial charge in [-0.05, 0) is 49.2 Å². The summed E-state index contributed by atoms with van der Waals surface area (Å²) in [6.45, 7) is 7.18. The molecule has 1 aliphatic heterocycles. The lowest BCUT2D eigenvalue weighted by atomic mass is 10.1. The van der Waals surface area contributed by atoms with Gasteiger partial charge in [0, 0.05) is 30.7 Å². The second-order valence-corrected chi connectivity index (χ2v) is 5.75. The molecule has 1 N–H and O–H groups in total. The zero-order chi connectivity index (χ0) is 16.2. The van der Waals surface area contributed by atoms with Crippen molar-refractivity contribution >= 4 is 17.3 Å². The molecule has 1 saturated heterocycles. The average Bonchev–Trinajstić information content (AvgIpc) is 2.59. The summed E-state index contributed by atoms with van der Waals surface area (Å²) in [6, 6.07) is 9.65. The molecular weight excluding hydrogens is 290 g/mol. The van der Waals surface area contributed by atoms with Gasteiger partial charge in [0.15, 0.2) is 0 Å². The summed E-state index contributed by atoms with van der Waals surface area (Å²) >= 11 is 0. The minimum absolute atomic E-state index is 0.191. The van der Waals surface area contributed by atoms with E-state index in [1.54, 1.807) is 6.20 Å². The summed E-state index contributed by atoms with van der Waals surface area (Å²) in [5.41, 5.74) is 4.57. The van der Waals surface area contributed by atoms with Gasteiger partial charge in [-0.3, -0.25) is 9.78 Å². The lowest BCUT2D eigenvalue weighted by Gasteiger charge is -2.28. The lowest BCUT2D eigenvalue weighted by molar-refractivity contribution is 0.102. The average molecular weight is 311 g/mol. The Balaban J connectivity index is 1.75. The van der Waals surface area contributed by atoms with Gasteiger partial charge in [0.05, 0.1) is 13.2 Å². The third-order valence-corrected chi connectivity index (χ3v) is 4.12. The Kier molecular flexibility index (Phi) is 4.57. The van der Waals surface area contributed by atoms with Gasteiger partial charge < -0.3 is 15.0 Å². The first-order chi connectivity index (χ1) is 11.1. The Morgan fingerprint density at radius 1 is 1.13 bits per heavy atom. The zero-order valence-corrected chi connectivity index (χ0v) is 13.5. The van der Waals surface area contributed by atoms with Crippen LogP contribution >= 0.6 is 0 Å². The molecule has 1 fully saturated rings. The Morgan fingerprint density at radius 2 is 1.91 bits per heavy atom. The number of nitrogens with one attached hydrogen (secondary N) is 1. The first-order valence-corrected chi connectivity index (χ1v) is 7.81. The standard InChI is InChI=1S/C18H21N3O2/c1-13-3-4-15(11-14(13)2)20-18(22)17-12-16(5-6-19-17)21-7-9-23-10-8-21/h3-6,11-12H,7-10H2,1-2H3,(H,20,22). The maximum Gasteiger partial charge on any atom is 0.274 e. The van der Waals surface area contributed by atoms with Gasteiger partial charge in [-0.1, -0.05) is 6.07 Å². The second-order valence-electron chi connectivity index (χ2n) is 5.75. The van der Waals surface area contributed by atoms with Gasteiger partial charge in [0.1, 0.15) is 5.69 Å². The molecule has 0 saturated carbocycles. The monoisotopic (exact) mass is 311 g/mol. The first kappa shape index (κ1) is 15.5. The second kappa shape index (κ2) is 6.79. The quantitative estimate of drug-likeness (QED) is 0.947. The fourth-order valence-electron chi connectivity index (χ4n) is 2.58. The van der Waals surface area contributed by atoms with Crippen molar-refractivity contribution in [2.45, 2.75) is 13.8 Å². The van der Waals surface area contributed by atoms with Crippen LogP contribution in [0.15, 0.2) is 36.5 Å². The van der Waals surface area contributed by atoms with Crippen molar-refractivity contribution in [2.75, 3.05) is 36.5 Å². The number of aromatic nitrogens is 1. The molecule has 0 unspecified atom stereocenters. The number of ether oxygens (including phenoxy) is 1. The SMILES string of the molecule is Cc1ccc(NC(=O)c2cc(N3CCOCC3)ccn2)cc1C. The third kappa shape index (κ3) is 3.68. The number of hydrogen-bond donors (Lipinski definition) is 1. The third-order valence-electron chi connectivity index (χ3n) is 4.12. The Morgan fingerprint density at radius 3 is 2.65 bits per heavy atom. The number of nitrogens with zero attached hydrogens (tertiary/aromatic N) is 2. The lowest BCUT2D eigenvalue weighted by Crippen LogP contribution is -2.36. The highest BCUT2D eigenvalue weighted by Gasteiger charge is 2.14. The van der Waals surface area contributed by atoms with Gasteiger partial charge in [0.25, 0.3) is 5.91 Å². The van der Waals surface area contributed by atoms with E-state index in [1.165, 1.54) is 5.56 Å². The van der Waals surface area contributed by atoms with Crippen LogP contribution < -0.4 is 10.2 Å². The summed E-state index contributed by atoms with van der Waals surface area (Å²) in [7, 11) is 0. The molecule has 5 nitrogen and oxygen atoms in total. The predicted molar refractivity (Wildman–Crippen MR) is 91.1 cm³/mol. The van der Waals surface area contributed by atoms with Crippen LogP contribution in [-0.2, 0) is 4.74 Å². The van der Waals surface area contributed by atoms with Crippen molar-refractivity contribution in [3.8, 4) is 0 Å². The van der Waals surface area contributed by atoms with Crippen LogP contribution in [-0.4, -0.2) is 37.2 Å². The fourth-order valence-corrected chi connectivity index (χ4v) is 2.58. The molecule has 2 heterocycles. The molecule has 0 spiro atoms. The summed E-state index contributed by atoms with van der Waals surface area (Å²) < 4.78 is 5.36. The van der Waals surface area contributed by atoms with E-state index in [4.69, 9.17) is 4.74 Å². The maximum atomic E-state index is 12.4. The molecule has 23 heavy (non-hydrogen) atoms. The largest absolute Gasteiger partial charge is 0.378 e. The summed E-state index contributed by atoms with van der Waals surface area (Å²) in [6.07, 6.45) is 1.68. The molecule has 0 aliphatic carbocycles. The van der Waals surface area contributed by atoms with Gasteiger partial charge in [-0.25, -0.2) is 0 Å². The zero-order valence-electron chi connectivity index (χ0n) is 13.5. The number of carbonyl (C=O) groups is 1. The van der Waals surface area contributed by atoms with E-state index in [0.717, 1.165) is 30.0 Å². The van der Waals surface area contributed by atoms with Crippen LogP contribution in [0, 0.1) is 13.8 Å². The van der Waals surface area contributed by atoms with Gasteiger partial charge in [-0.15, -0.1) is 0 Å². The van der Waals surface area contributed by atoms with Crippen LogP contribution in [0.4, 0.5) is 11.4 Å². The number of hydrogen-bond acceptors (Lipinski definition) is 4. The summed E-state index contributed by atoms with van der Waals surface area (Å²) in [5, 5.41) is 2.91. The summed E-state index contributed by atoms with van der Waals surface area (Å²) in [4.78, 5) is 18.8. The van der Waals surface area contributed by atoms with Crippen molar-refractivity contribution in [1.29, 1.82) is 0 Å². The van der Waals surface area contributed by atoms with Crippen LogP contribution in [0.5, 0.6) is 0 Å². The maximum absolute atomic E-state index is 12.4. The van der Waals surface area contributed by atoms with E-state index in [0.29, 0.717) is 18.9 Å². The number of pyridine rings is 1. The van der Waals surface area contributed by atoms with Crippen molar-refractivity contribution in [2.24, 2.45) is 0 Å². The molecule has 5 heteroatoms. The number of morpholine rings is 1. The molecule has 3 rings (SSSR count). The fraction of sp³-hybridized carbons (Fsp3) is 0.333. The highest BCUT2D eigenvalue weighted by molar-refractivity contribution is 6.03. The molecular formula is C18H21N3O2. The first-order valence-electron chi connectivity index (χ1n) is 7.81. The molecule has 1 aromatic carbocycles. The minimum atomic E-state index is -0.191. The van der Waals surface area contributed by atoms with Crippen molar-refractivity contribution < 1.29 is 9.53 Å². The van der Waals surface area contributed by atoms with E-state index in [-0.39, 0.29) is 5.91 Å². The number of anilines is 2. The molecule has 120 valence electrons. The topological polar surface area (TPSA) is 54.5 Å². The Bertz CT molecular complexity index is 709. The van der Waals surface area contributed by atoms with E-state index < -0.39 is 0 Å². The smallest absolute Gasteiger partial charge is 0.274 e. The molecule has 2 aromatic rings.